The van der Waals surface area contributed by atoms with Gasteiger partial charge in [0, 0.05) is 17.6 Å². The zero-order chi connectivity index (χ0) is 16.4. The van der Waals surface area contributed by atoms with Crippen LogP contribution in [0.5, 0.6) is 11.5 Å². The van der Waals surface area contributed by atoms with E-state index in [1.807, 2.05) is 18.2 Å². The van der Waals surface area contributed by atoms with Crippen molar-refractivity contribution in [2.75, 3.05) is 7.11 Å². The van der Waals surface area contributed by atoms with E-state index in [9.17, 15) is 13.6 Å². The van der Waals surface area contributed by atoms with Crippen LogP contribution in [0.2, 0.25) is 0 Å². The van der Waals surface area contributed by atoms with Gasteiger partial charge in [0.2, 0.25) is 0 Å². The number of hydrogen-bond acceptors (Lipinski definition) is 3. The first-order valence-corrected chi connectivity index (χ1v) is 7.04. The first kappa shape index (κ1) is 15.2. The van der Waals surface area contributed by atoms with Crippen LogP contribution in [-0.2, 0) is 6.42 Å². The molecule has 2 aromatic carbocycles. The molecule has 23 heavy (non-hydrogen) atoms. The highest BCUT2D eigenvalue weighted by Crippen LogP contribution is 2.32. The number of carbonyl (C=O) groups is 1. The lowest BCUT2D eigenvalue weighted by Crippen LogP contribution is -2.03. The maximum atomic E-state index is 12.5. The molecular weight excluding hydrogens is 302 g/mol. The number of hydrogen-bond donors (Lipinski definition) is 0. The Balaban J connectivity index is 1.93. The van der Waals surface area contributed by atoms with Crippen molar-refractivity contribution in [1.29, 1.82) is 0 Å². The zero-order valence-corrected chi connectivity index (χ0v) is 12.4. The predicted molar refractivity (Wildman–Crippen MR) is 82.1 cm³/mol. The van der Waals surface area contributed by atoms with Crippen LogP contribution in [0.15, 0.2) is 48.0 Å². The second-order valence-corrected chi connectivity index (χ2v) is 5.12. The highest BCUT2D eigenvalue weighted by Gasteiger charge is 2.24. The molecule has 0 bridgehead atoms. The van der Waals surface area contributed by atoms with Crippen LogP contribution in [0.3, 0.4) is 0 Å². The third kappa shape index (κ3) is 3.08. The number of benzene rings is 2. The van der Waals surface area contributed by atoms with E-state index in [1.165, 1.54) is 19.2 Å². The molecule has 5 heteroatoms. The molecule has 0 atom stereocenters. The van der Waals surface area contributed by atoms with E-state index in [4.69, 9.17) is 4.74 Å². The average molecular weight is 316 g/mol. The number of Topliss-reactive ketones (excluding diaryl/α,β-unsaturated/α-hetero) is 1. The standard InChI is InChI=1S/C18H14F2O3/c1-22-15-7-6-11(9-16(15)23-18(19)20)8-13-10-12-4-2-3-5-14(12)17(13)21/h2-9,18H,10H2,1H3/b13-8+. The summed E-state index contributed by atoms with van der Waals surface area (Å²) in [6.07, 6.45) is 2.23. The van der Waals surface area contributed by atoms with E-state index in [0.29, 0.717) is 23.1 Å². The monoisotopic (exact) mass is 316 g/mol. The van der Waals surface area contributed by atoms with Crippen LogP contribution in [0, 0.1) is 0 Å². The molecule has 2 aromatic rings. The van der Waals surface area contributed by atoms with Gasteiger partial charge in [0.1, 0.15) is 0 Å². The molecule has 0 aliphatic heterocycles. The number of rotatable bonds is 4. The Hall–Kier alpha value is -2.69. The van der Waals surface area contributed by atoms with E-state index in [-0.39, 0.29) is 17.3 Å². The van der Waals surface area contributed by atoms with Crippen LogP contribution in [0.1, 0.15) is 21.5 Å². The Morgan fingerprint density at radius 2 is 1.91 bits per heavy atom. The van der Waals surface area contributed by atoms with Crippen molar-refractivity contribution in [3.63, 3.8) is 0 Å². The molecule has 0 aromatic heterocycles. The number of ketones is 1. The van der Waals surface area contributed by atoms with Crippen molar-refractivity contribution in [3.05, 3.63) is 64.7 Å². The predicted octanol–water partition coefficient (Wildman–Crippen LogP) is 4.12. The molecular formula is C18H14F2O3. The molecule has 3 rings (SSSR count). The Morgan fingerprint density at radius 3 is 2.61 bits per heavy atom. The quantitative estimate of drug-likeness (QED) is 0.796. The number of methoxy groups -OCH3 is 1. The lowest BCUT2D eigenvalue weighted by atomic mass is 10.1. The summed E-state index contributed by atoms with van der Waals surface area (Å²) < 4.78 is 34.4. The van der Waals surface area contributed by atoms with Crippen LogP contribution in [-0.4, -0.2) is 19.5 Å². The number of halogens is 2. The van der Waals surface area contributed by atoms with E-state index in [0.717, 1.165) is 5.56 Å². The van der Waals surface area contributed by atoms with Gasteiger partial charge in [-0.05, 0) is 29.3 Å². The average Bonchev–Trinajstić information content (AvgIpc) is 2.84. The van der Waals surface area contributed by atoms with Crippen LogP contribution in [0.4, 0.5) is 8.78 Å². The molecule has 0 radical (unpaired) electrons. The summed E-state index contributed by atoms with van der Waals surface area (Å²) in [4.78, 5) is 12.3. The van der Waals surface area contributed by atoms with E-state index in [2.05, 4.69) is 4.74 Å². The fourth-order valence-corrected chi connectivity index (χ4v) is 2.64. The van der Waals surface area contributed by atoms with E-state index >= 15 is 0 Å². The second-order valence-electron chi connectivity index (χ2n) is 5.12. The lowest BCUT2D eigenvalue weighted by molar-refractivity contribution is -0.0512. The molecule has 0 saturated carbocycles. The Morgan fingerprint density at radius 1 is 1.13 bits per heavy atom. The van der Waals surface area contributed by atoms with Crippen molar-refractivity contribution in [3.8, 4) is 11.5 Å². The van der Waals surface area contributed by atoms with Gasteiger partial charge in [-0.25, -0.2) is 0 Å². The molecule has 0 spiro atoms. The minimum Gasteiger partial charge on any atom is -0.493 e. The molecule has 3 nitrogen and oxygen atoms in total. The second kappa shape index (κ2) is 6.20. The van der Waals surface area contributed by atoms with Crippen LogP contribution in [0.25, 0.3) is 6.08 Å². The summed E-state index contributed by atoms with van der Waals surface area (Å²) >= 11 is 0. The minimum absolute atomic E-state index is 0.0345. The van der Waals surface area contributed by atoms with Crippen molar-refractivity contribution < 1.29 is 23.0 Å². The third-order valence-electron chi connectivity index (χ3n) is 3.68. The molecule has 0 heterocycles. The molecule has 0 fully saturated rings. The fraction of sp³-hybridized carbons (Fsp3) is 0.167. The summed E-state index contributed by atoms with van der Waals surface area (Å²) in [6.45, 7) is -2.94. The molecule has 0 N–H and O–H groups in total. The van der Waals surface area contributed by atoms with Crippen LogP contribution >= 0.6 is 0 Å². The summed E-state index contributed by atoms with van der Waals surface area (Å²) in [7, 11) is 1.38. The Kier molecular flexibility index (Phi) is 4.10. The highest BCUT2D eigenvalue weighted by molar-refractivity contribution is 6.15. The molecule has 1 aliphatic carbocycles. The van der Waals surface area contributed by atoms with Crippen LogP contribution < -0.4 is 9.47 Å². The summed E-state index contributed by atoms with van der Waals surface area (Å²) in [5.74, 6) is 0.126. The van der Waals surface area contributed by atoms with E-state index < -0.39 is 6.61 Å². The van der Waals surface area contributed by atoms with Gasteiger partial charge in [0.05, 0.1) is 7.11 Å². The molecule has 0 unspecified atom stereocenters. The van der Waals surface area contributed by atoms with Crippen molar-refractivity contribution in [2.24, 2.45) is 0 Å². The first-order chi connectivity index (χ1) is 11.1. The highest BCUT2D eigenvalue weighted by atomic mass is 19.3. The number of carbonyl (C=O) groups excluding carboxylic acids is 1. The topological polar surface area (TPSA) is 35.5 Å². The van der Waals surface area contributed by atoms with Gasteiger partial charge >= 0.3 is 6.61 Å². The normalized spacial score (nSPS) is 15.1. The zero-order valence-electron chi connectivity index (χ0n) is 12.4. The number of ether oxygens (including phenoxy) is 2. The maximum Gasteiger partial charge on any atom is 0.387 e. The smallest absolute Gasteiger partial charge is 0.387 e. The number of alkyl halides is 2. The summed E-state index contributed by atoms with van der Waals surface area (Å²) in [5, 5.41) is 0. The third-order valence-corrected chi connectivity index (χ3v) is 3.68. The SMILES string of the molecule is COc1ccc(/C=C2\Cc3ccccc3C2=O)cc1OC(F)F. The van der Waals surface area contributed by atoms with Gasteiger partial charge in [0.25, 0.3) is 0 Å². The van der Waals surface area contributed by atoms with Gasteiger partial charge in [-0.2, -0.15) is 8.78 Å². The fourth-order valence-electron chi connectivity index (χ4n) is 2.64. The minimum atomic E-state index is -2.94. The van der Waals surface area contributed by atoms with E-state index in [1.54, 1.807) is 18.2 Å². The Labute approximate surface area is 132 Å². The first-order valence-electron chi connectivity index (χ1n) is 7.04. The van der Waals surface area contributed by atoms with Crippen molar-refractivity contribution >= 4 is 11.9 Å². The van der Waals surface area contributed by atoms with Gasteiger partial charge in [-0.1, -0.05) is 30.3 Å². The molecule has 0 amide bonds. The van der Waals surface area contributed by atoms with Gasteiger partial charge < -0.3 is 9.47 Å². The summed E-state index contributed by atoms with van der Waals surface area (Å²) in [5.41, 5.74) is 2.90. The van der Waals surface area contributed by atoms with Gasteiger partial charge in [0.15, 0.2) is 17.3 Å². The van der Waals surface area contributed by atoms with Crippen molar-refractivity contribution in [1.82, 2.24) is 0 Å². The number of allylic oxidation sites excluding steroid dienone is 1. The number of fused-ring (bicyclic) bond motifs is 1. The molecule has 0 saturated heterocycles. The van der Waals surface area contributed by atoms with Gasteiger partial charge in [-0.15, -0.1) is 0 Å². The summed E-state index contributed by atoms with van der Waals surface area (Å²) in [6, 6.07) is 12.1. The lowest BCUT2D eigenvalue weighted by Gasteiger charge is -2.10. The Bertz CT molecular complexity index is 782. The molecule has 118 valence electrons. The largest absolute Gasteiger partial charge is 0.493 e. The molecule has 1 aliphatic rings. The maximum absolute atomic E-state index is 12.5. The van der Waals surface area contributed by atoms with Crippen molar-refractivity contribution in [2.45, 2.75) is 13.0 Å². The van der Waals surface area contributed by atoms with Gasteiger partial charge in [-0.3, -0.25) is 4.79 Å².